The van der Waals surface area contributed by atoms with Crippen LogP contribution in [0, 0.1) is 6.92 Å². The van der Waals surface area contributed by atoms with Crippen molar-refractivity contribution in [3.8, 4) is 5.75 Å². The Balaban J connectivity index is 1.94. The first-order chi connectivity index (χ1) is 9.19. The minimum Gasteiger partial charge on any atom is -0.489 e. The Labute approximate surface area is 114 Å². The second-order valence-electron chi connectivity index (χ2n) is 5.00. The molecule has 1 unspecified atom stereocenters. The van der Waals surface area contributed by atoms with Crippen molar-refractivity contribution in [2.75, 3.05) is 39.9 Å². The third-order valence-corrected chi connectivity index (χ3v) is 3.22. The first-order valence-corrected chi connectivity index (χ1v) is 6.78. The van der Waals surface area contributed by atoms with Gasteiger partial charge in [-0.2, -0.15) is 0 Å². The molecule has 1 fully saturated rings. The van der Waals surface area contributed by atoms with Crippen molar-refractivity contribution in [2.24, 2.45) is 5.73 Å². The zero-order valence-electron chi connectivity index (χ0n) is 11.8. The maximum atomic E-state index is 5.86. The molecule has 1 aromatic heterocycles. The molecule has 1 aromatic rings. The van der Waals surface area contributed by atoms with E-state index in [1.807, 2.05) is 19.1 Å². The monoisotopic (exact) mass is 265 g/mol. The Kier molecular flexibility index (Phi) is 5.13. The van der Waals surface area contributed by atoms with Crippen molar-refractivity contribution in [3.05, 3.63) is 23.5 Å². The molecule has 5 heteroatoms. The van der Waals surface area contributed by atoms with Gasteiger partial charge in [0.05, 0.1) is 12.3 Å². The number of aryl methyl sites for hydroxylation is 1. The number of nitrogens with two attached hydrogens (primary N) is 1. The number of pyridine rings is 1. The summed E-state index contributed by atoms with van der Waals surface area (Å²) in [5, 5.41) is 0. The summed E-state index contributed by atoms with van der Waals surface area (Å²) in [5.41, 5.74) is 7.54. The summed E-state index contributed by atoms with van der Waals surface area (Å²) >= 11 is 0. The lowest BCUT2D eigenvalue weighted by atomic mass is 10.2. The van der Waals surface area contributed by atoms with Crippen LogP contribution in [0.3, 0.4) is 0 Å². The SMILES string of the molecule is Cc1ccc(OCC2CN(C)CCO2)c(CCN)n1. The zero-order chi connectivity index (χ0) is 13.7. The number of morpholine rings is 1. The molecule has 1 aliphatic rings. The molecule has 106 valence electrons. The Bertz CT molecular complexity index is 412. The van der Waals surface area contributed by atoms with Crippen LogP contribution in [0.1, 0.15) is 11.4 Å². The van der Waals surface area contributed by atoms with Gasteiger partial charge in [-0.05, 0) is 32.6 Å². The van der Waals surface area contributed by atoms with Gasteiger partial charge in [-0.25, -0.2) is 0 Å². The molecule has 1 aliphatic heterocycles. The number of nitrogens with zero attached hydrogens (tertiary/aromatic N) is 2. The minimum atomic E-state index is 0.130. The van der Waals surface area contributed by atoms with Gasteiger partial charge in [0.1, 0.15) is 18.5 Å². The fourth-order valence-corrected chi connectivity index (χ4v) is 2.20. The Morgan fingerprint density at radius 3 is 3.11 bits per heavy atom. The molecule has 2 rings (SSSR count). The van der Waals surface area contributed by atoms with Crippen LogP contribution in [0.15, 0.2) is 12.1 Å². The molecule has 2 N–H and O–H groups in total. The van der Waals surface area contributed by atoms with Crippen molar-refractivity contribution >= 4 is 0 Å². The molecule has 0 spiro atoms. The minimum absolute atomic E-state index is 0.130. The number of aromatic nitrogens is 1. The molecule has 5 nitrogen and oxygen atoms in total. The molecule has 0 bridgehead atoms. The van der Waals surface area contributed by atoms with Crippen LogP contribution in [0.4, 0.5) is 0 Å². The molecule has 0 saturated carbocycles. The van der Waals surface area contributed by atoms with Gasteiger partial charge in [-0.15, -0.1) is 0 Å². The highest BCUT2D eigenvalue weighted by molar-refractivity contribution is 5.29. The zero-order valence-corrected chi connectivity index (χ0v) is 11.8. The number of rotatable bonds is 5. The van der Waals surface area contributed by atoms with Crippen LogP contribution in [-0.2, 0) is 11.2 Å². The smallest absolute Gasteiger partial charge is 0.140 e. The normalized spacial score (nSPS) is 20.5. The van der Waals surface area contributed by atoms with Crippen LogP contribution in [0.25, 0.3) is 0 Å². The van der Waals surface area contributed by atoms with Crippen LogP contribution in [0.5, 0.6) is 5.75 Å². The summed E-state index contributed by atoms with van der Waals surface area (Å²) in [4.78, 5) is 6.74. The third kappa shape index (κ3) is 4.16. The second-order valence-corrected chi connectivity index (χ2v) is 5.00. The summed E-state index contributed by atoms with van der Waals surface area (Å²) in [6.45, 7) is 5.78. The quantitative estimate of drug-likeness (QED) is 0.845. The van der Waals surface area contributed by atoms with Gasteiger partial charge >= 0.3 is 0 Å². The molecular weight excluding hydrogens is 242 g/mol. The average molecular weight is 265 g/mol. The van der Waals surface area contributed by atoms with Crippen molar-refractivity contribution in [1.82, 2.24) is 9.88 Å². The molecule has 1 atom stereocenters. The lowest BCUT2D eigenvalue weighted by Crippen LogP contribution is -2.42. The highest BCUT2D eigenvalue weighted by Gasteiger charge is 2.18. The molecular formula is C14H23N3O2. The summed E-state index contributed by atoms with van der Waals surface area (Å²) < 4.78 is 11.5. The van der Waals surface area contributed by atoms with Gasteiger partial charge in [0.25, 0.3) is 0 Å². The summed E-state index contributed by atoms with van der Waals surface area (Å²) in [7, 11) is 2.10. The van der Waals surface area contributed by atoms with E-state index in [9.17, 15) is 0 Å². The van der Waals surface area contributed by atoms with E-state index in [1.165, 1.54) is 0 Å². The molecule has 1 saturated heterocycles. The first kappa shape index (κ1) is 14.2. The van der Waals surface area contributed by atoms with Crippen molar-refractivity contribution in [2.45, 2.75) is 19.4 Å². The molecule has 2 heterocycles. The van der Waals surface area contributed by atoms with Gasteiger partial charge in [0, 0.05) is 25.2 Å². The lowest BCUT2D eigenvalue weighted by Gasteiger charge is -2.30. The molecule has 0 aliphatic carbocycles. The molecule has 19 heavy (non-hydrogen) atoms. The van der Waals surface area contributed by atoms with E-state index in [1.54, 1.807) is 0 Å². The van der Waals surface area contributed by atoms with Gasteiger partial charge < -0.3 is 20.1 Å². The maximum Gasteiger partial charge on any atom is 0.140 e. The van der Waals surface area contributed by atoms with Crippen LogP contribution in [-0.4, -0.2) is 55.9 Å². The lowest BCUT2D eigenvalue weighted by molar-refractivity contribution is -0.0405. The largest absolute Gasteiger partial charge is 0.489 e. The first-order valence-electron chi connectivity index (χ1n) is 6.78. The van der Waals surface area contributed by atoms with Crippen molar-refractivity contribution in [3.63, 3.8) is 0 Å². The maximum absolute atomic E-state index is 5.86. The number of ether oxygens (including phenoxy) is 2. The molecule has 0 amide bonds. The van der Waals surface area contributed by atoms with E-state index in [4.69, 9.17) is 15.2 Å². The van der Waals surface area contributed by atoms with Gasteiger partial charge in [-0.3, -0.25) is 4.98 Å². The topological polar surface area (TPSA) is 60.6 Å². The third-order valence-electron chi connectivity index (χ3n) is 3.22. The Morgan fingerprint density at radius 2 is 2.37 bits per heavy atom. The predicted molar refractivity (Wildman–Crippen MR) is 74.5 cm³/mol. The fraction of sp³-hybridized carbons (Fsp3) is 0.643. The Hall–Kier alpha value is -1.17. The highest BCUT2D eigenvalue weighted by atomic mass is 16.5. The van der Waals surface area contributed by atoms with E-state index < -0.39 is 0 Å². The standard InChI is InChI=1S/C14H23N3O2/c1-11-3-4-14(13(16-11)5-6-15)19-10-12-9-17(2)7-8-18-12/h3-4,12H,5-10,15H2,1-2H3. The predicted octanol–water partition coefficient (Wildman–Crippen LogP) is 0.601. The summed E-state index contributed by atoms with van der Waals surface area (Å²) in [6, 6.07) is 3.93. The van der Waals surface area contributed by atoms with Gasteiger partial charge in [0.15, 0.2) is 0 Å². The summed E-state index contributed by atoms with van der Waals surface area (Å²) in [6.07, 6.45) is 0.869. The highest BCUT2D eigenvalue weighted by Crippen LogP contribution is 2.18. The summed E-state index contributed by atoms with van der Waals surface area (Å²) in [5.74, 6) is 0.827. The molecule has 0 radical (unpaired) electrons. The van der Waals surface area contributed by atoms with E-state index >= 15 is 0 Å². The fourth-order valence-electron chi connectivity index (χ4n) is 2.20. The van der Waals surface area contributed by atoms with E-state index in [2.05, 4.69) is 16.9 Å². The number of hydrogen-bond donors (Lipinski definition) is 1. The van der Waals surface area contributed by atoms with E-state index in [0.717, 1.165) is 43.3 Å². The molecule has 0 aromatic carbocycles. The van der Waals surface area contributed by atoms with Gasteiger partial charge in [-0.1, -0.05) is 0 Å². The van der Waals surface area contributed by atoms with Crippen LogP contribution in [0.2, 0.25) is 0 Å². The Morgan fingerprint density at radius 1 is 1.53 bits per heavy atom. The van der Waals surface area contributed by atoms with Crippen LogP contribution >= 0.6 is 0 Å². The van der Waals surface area contributed by atoms with Crippen molar-refractivity contribution in [1.29, 1.82) is 0 Å². The van der Waals surface area contributed by atoms with Gasteiger partial charge in [0.2, 0.25) is 0 Å². The van der Waals surface area contributed by atoms with Crippen LogP contribution < -0.4 is 10.5 Å². The average Bonchev–Trinajstić information content (AvgIpc) is 2.38. The van der Waals surface area contributed by atoms with E-state index in [-0.39, 0.29) is 6.10 Å². The second kappa shape index (κ2) is 6.84. The number of hydrogen-bond acceptors (Lipinski definition) is 5. The van der Waals surface area contributed by atoms with Crippen molar-refractivity contribution < 1.29 is 9.47 Å². The van der Waals surface area contributed by atoms with E-state index in [0.29, 0.717) is 13.2 Å². The number of likely N-dealkylation sites (N-methyl/N-ethyl adjacent to an activating group) is 1.